The molecule has 1 aliphatic heterocycles. The molecule has 1 amide bonds. The lowest BCUT2D eigenvalue weighted by Gasteiger charge is -2.32. The Hall–Kier alpha value is -2.19. The zero-order valence-electron chi connectivity index (χ0n) is 13.3. The average Bonchev–Trinajstić information content (AvgIpc) is 2.94. The van der Waals surface area contributed by atoms with Gasteiger partial charge in [0.2, 0.25) is 21.8 Å². The van der Waals surface area contributed by atoms with Gasteiger partial charge in [0.25, 0.3) is 0 Å². The molecule has 1 atom stereocenters. The number of nitrogens with zero attached hydrogens (tertiary/aromatic N) is 2. The van der Waals surface area contributed by atoms with Gasteiger partial charge in [-0.15, -0.1) is 0 Å². The standard InChI is InChI=1S/C16H19N3O4S/c1-24(21,22)18-12-5-4-10-19(11-12)16(20)9-8-15-17-13-6-2-3-7-14(13)23-15/h2-3,6-9,12,18H,4-5,10-11H2,1H3/b9-8-/t12-/m0/s1. The van der Waals surface area contributed by atoms with Crippen molar-refractivity contribution in [2.45, 2.75) is 18.9 Å². The van der Waals surface area contributed by atoms with Crippen molar-refractivity contribution in [3.8, 4) is 0 Å². The van der Waals surface area contributed by atoms with Gasteiger partial charge in [-0.05, 0) is 25.0 Å². The fourth-order valence-electron chi connectivity index (χ4n) is 2.79. The van der Waals surface area contributed by atoms with Gasteiger partial charge in [-0.2, -0.15) is 0 Å². The lowest BCUT2D eigenvalue weighted by Crippen LogP contribution is -2.48. The third-order valence-corrected chi connectivity index (χ3v) is 4.55. The van der Waals surface area contributed by atoms with Crippen LogP contribution in [0, 0.1) is 0 Å². The van der Waals surface area contributed by atoms with E-state index in [1.165, 1.54) is 12.2 Å². The fraction of sp³-hybridized carbons (Fsp3) is 0.375. The molecule has 0 saturated carbocycles. The summed E-state index contributed by atoms with van der Waals surface area (Å²) < 4.78 is 30.7. The number of rotatable bonds is 4. The summed E-state index contributed by atoms with van der Waals surface area (Å²) in [5.74, 6) is 0.185. The van der Waals surface area contributed by atoms with Crippen LogP contribution in [-0.4, -0.2) is 49.6 Å². The minimum atomic E-state index is -3.27. The van der Waals surface area contributed by atoms with Crippen LogP contribution in [0.2, 0.25) is 0 Å². The Kier molecular flexibility index (Phi) is 4.68. The first-order chi connectivity index (χ1) is 11.4. The van der Waals surface area contributed by atoms with Crippen molar-refractivity contribution in [1.29, 1.82) is 0 Å². The molecule has 0 radical (unpaired) electrons. The highest BCUT2D eigenvalue weighted by Gasteiger charge is 2.24. The van der Waals surface area contributed by atoms with Gasteiger partial charge >= 0.3 is 0 Å². The van der Waals surface area contributed by atoms with Crippen LogP contribution in [0.1, 0.15) is 18.7 Å². The van der Waals surface area contributed by atoms with E-state index >= 15 is 0 Å². The number of carbonyl (C=O) groups is 1. The molecule has 0 spiro atoms. The lowest BCUT2D eigenvalue weighted by atomic mass is 10.1. The average molecular weight is 349 g/mol. The molecule has 1 N–H and O–H groups in total. The molecule has 1 aliphatic rings. The van der Waals surface area contributed by atoms with E-state index in [1.54, 1.807) is 4.90 Å². The summed E-state index contributed by atoms with van der Waals surface area (Å²) in [7, 11) is -3.27. The SMILES string of the molecule is CS(=O)(=O)N[C@H]1CCCN(C(=O)/C=C\c2nc3ccccc3o2)C1. The maximum Gasteiger partial charge on any atom is 0.246 e. The molecular formula is C16H19N3O4S. The molecule has 8 heteroatoms. The molecule has 2 aromatic rings. The van der Waals surface area contributed by atoms with E-state index in [0.29, 0.717) is 24.6 Å². The quantitative estimate of drug-likeness (QED) is 0.842. The predicted octanol–water partition coefficient (Wildman–Crippen LogP) is 1.38. The van der Waals surface area contributed by atoms with Crippen LogP contribution in [0.4, 0.5) is 0 Å². The number of benzene rings is 1. The molecule has 1 aromatic heterocycles. The summed E-state index contributed by atoms with van der Waals surface area (Å²) in [6.07, 6.45) is 5.56. The highest BCUT2D eigenvalue weighted by molar-refractivity contribution is 7.88. The second kappa shape index (κ2) is 6.74. The van der Waals surface area contributed by atoms with E-state index < -0.39 is 10.0 Å². The van der Waals surface area contributed by atoms with Crippen LogP contribution in [0.25, 0.3) is 17.2 Å². The molecule has 0 unspecified atom stereocenters. The van der Waals surface area contributed by atoms with Crippen molar-refractivity contribution in [2.24, 2.45) is 0 Å². The highest BCUT2D eigenvalue weighted by atomic mass is 32.2. The number of likely N-dealkylation sites (tertiary alicyclic amines) is 1. The molecule has 2 heterocycles. The van der Waals surface area contributed by atoms with Gasteiger partial charge in [0.15, 0.2) is 5.58 Å². The first-order valence-electron chi connectivity index (χ1n) is 7.70. The molecule has 24 heavy (non-hydrogen) atoms. The minimum Gasteiger partial charge on any atom is -0.437 e. The number of amides is 1. The summed E-state index contributed by atoms with van der Waals surface area (Å²) in [5, 5.41) is 0. The summed E-state index contributed by atoms with van der Waals surface area (Å²) in [4.78, 5) is 18.2. The fourth-order valence-corrected chi connectivity index (χ4v) is 3.58. The molecule has 1 fully saturated rings. The molecule has 7 nitrogen and oxygen atoms in total. The van der Waals surface area contributed by atoms with Crippen LogP contribution in [0.3, 0.4) is 0 Å². The smallest absolute Gasteiger partial charge is 0.246 e. The van der Waals surface area contributed by atoms with Crippen LogP contribution in [0.15, 0.2) is 34.8 Å². The van der Waals surface area contributed by atoms with E-state index in [-0.39, 0.29) is 11.9 Å². The predicted molar refractivity (Wildman–Crippen MR) is 90.6 cm³/mol. The van der Waals surface area contributed by atoms with Crippen molar-refractivity contribution in [1.82, 2.24) is 14.6 Å². The van der Waals surface area contributed by atoms with Crippen molar-refractivity contribution < 1.29 is 17.6 Å². The van der Waals surface area contributed by atoms with E-state index in [1.807, 2.05) is 24.3 Å². The van der Waals surface area contributed by atoms with Gasteiger partial charge in [-0.1, -0.05) is 12.1 Å². The molecule has 128 valence electrons. The zero-order valence-corrected chi connectivity index (χ0v) is 14.1. The first-order valence-corrected chi connectivity index (χ1v) is 9.60. The number of para-hydroxylation sites is 2. The topological polar surface area (TPSA) is 92.5 Å². The highest BCUT2D eigenvalue weighted by Crippen LogP contribution is 2.16. The summed E-state index contributed by atoms with van der Waals surface area (Å²) in [6, 6.07) is 7.13. The zero-order chi connectivity index (χ0) is 17.2. The molecule has 1 saturated heterocycles. The second-order valence-corrected chi connectivity index (χ2v) is 7.65. The van der Waals surface area contributed by atoms with Crippen molar-refractivity contribution in [2.75, 3.05) is 19.3 Å². The Bertz CT molecular complexity index is 839. The number of carbonyl (C=O) groups excluding carboxylic acids is 1. The summed E-state index contributed by atoms with van der Waals surface area (Å²) in [6.45, 7) is 0.975. The van der Waals surface area contributed by atoms with E-state index in [0.717, 1.165) is 24.6 Å². The largest absolute Gasteiger partial charge is 0.437 e. The monoisotopic (exact) mass is 349 g/mol. The van der Waals surface area contributed by atoms with Crippen LogP contribution < -0.4 is 4.72 Å². The van der Waals surface area contributed by atoms with Crippen molar-refractivity contribution >= 4 is 33.1 Å². The van der Waals surface area contributed by atoms with Gasteiger partial charge in [-0.25, -0.2) is 18.1 Å². The van der Waals surface area contributed by atoms with E-state index in [9.17, 15) is 13.2 Å². The second-order valence-electron chi connectivity index (χ2n) is 5.87. The normalized spacial score (nSPS) is 19.2. The number of oxazole rings is 1. The molecule has 0 aliphatic carbocycles. The van der Waals surface area contributed by atoms with Gasteiger partial charge < -0.3 is 9.32 Å². The number of piperidine rings is 1. The Morgan fingerprint density at radius 1 is 1.42 bits per heavy atom. The molecule has 0 bridgehead atoms. The van der Waals surface area contributed by atoms with Crippen molar-refractivity contribution in [3.05, 3.63) is 36.2 Å². The number of nitrogens with one attached hydrogen (secondary N) is 1. The van der Waals surface area contributed by atoms with Gasteiger partial charge in [0, 0.05) is 31.3 Å². The Balaban J connectivity index is 1.65. The van der Waals surface area contributed by atoms with Crippen LogP contribution >= 0.6 is 0 Å². The lowest BCUT2D eigenvalue weighted by molar-refractivity contribution is -0.127. The van der Waals surface area contributed by atoms with Gasteiger partial charge in [-0.3, -0.25) is 4.79 Å². The van der Waals surface area contributed by atoms with Gasteiger partial charge in [0.1, 0.15) is 5.52 Å². The molecular weight excluding hydrogens is 330 g/mol. The third kappa shape index (κ3) is 4.21. The van der Waals surface area contributed by atoms with Gasteiger partial charge in [0.05, 0.1) is 6.26 Å². The van der Waals surface area contributed by atoms with E-state index in [4.69, 9.17) is 4.42 Å². The number of aromatic nitrogens is 1. The number of sulfonamides is 1. The Labute approximate surface area is 140 Å². The number of hydrogen-bond acceptors (Lipinski definition) is 5. The third-order valence-electron chi connectivity index (χ3n) is 3.79. The maximum atomic E-state index is 12.3. The molecule has 1 aromatic carbocycles. The van der Waals surface area contributed by atoms with Crippen LogP contribution in [0.5, 0.6) is 0 Å². The first kappa shape index (κ1) is 16.7. The summed E-state index contributed by atoms with van der Waals surface area (Å²) in [5.41, 5.74) is 1.40. The van der Waals surface area contributed by atoms with Crippen LogP contribution in [-0.2, 0) is 14.8 Å². The number of hydrogen-bond donors (Lipinski definition) is 1. The Morgan fingerprint density at radius 2 is 2.21 bits per heavy atom. The van der Waals surface area contributed by atoms with Crippen molar-refractivity contribution in [3.63, 3.8) is 0 Å². The summed E-state index contributed by atoms with van der Waals surface area (Å²) >= 11 is 0. The maximum absolute atomic E-state index is 12.3. The van der Waals surface area contributed by atoms with E-state index in [2.05, 4.69) is 9.71 Å². The molecule has 3 rings (SSSR count). The Morgan fingerprint density at radius 3 is 2.96 bits per heavy atom. The minimum absolute atomic E-state index is 0.183. The number of fused-ring (bicyclic) bond motifs is 1.